The second kappa shape index (κ2) is 5.38. The quantitative estimate of drug-likeness (QED) is 0.838. The van der Waals surface area contributed by atoms with E-state index in [9.17, 15) is 8.42 Å². The molecule has 7 heteroatoms. The first-order valence-electron chi connectivity index (χ1n) is 5.81. The van der Waals surface area contributed by atoms with Gasteiger partial charge in [0.25, 0.3) is 10.0 Å². The number of methoxy groups -OCH3 is 1. The number of sulfonamides is 1. The van der Waals surface area contributed by atoms with Crippen LogP contribution in [0.1, 0.15) is 5.56 Å². The number of hydrogen-bond donors (Lipinski definition) is 2. The molecule has 1 aromatic carbocycles. The first kappa shape index (κ1) is 14.1. The summed E-state index contributed by atoms with van der Waals surface area (Å²) in [5.74, 6) is 0.244. The van der Waals surface area contributed by atoms with Crippen LogP contribution < -0.4 is 15.2 Å². The molecule has 0 saturated carbocycles. The first-order valence-corrected chi connectivity index (χ1v) is 7.29. The van der Waals surface area contributed by atoms with Gasteiger partial charge in [-0.25, -0.2) is 8.42 Å². The normalized spacial score (nSPS) is 11.1. The number of hydrogen-bond acceptors (Lipinski definition) is 5. The maximum absolute atomic E-state index is 12.4. The lowest BCUT2D eigenvalue weighted by Gasteiger charge is -2.13. The fraction of sp³-hybridized carbons (Fsp3) is 0.154. The summed E-state index contributed by atoms with van der Waals surface area (Å²) in [5, 5.41) is 0. The Morgan fingerprint density at radius 3 is 2.70 bits per heavy atom. The maximum atomic E-state index is 12.4. The van der Waals surface area contributed by atoms with Crippen molar-refractivity contribution in [3.8, 4) is 5.75 Å². The van der Waals surface area contributed by atoms with Gasteiger partial charge in [0.15, 0.2) is 0 Å². The Kier molecular flexibility index (Phi) is 3.80. The summed E-state index contributed by atoms with van der Waals surface area (Å²) in [6.07, 6.45) is 2.98. The molecule has 20 heavy (non-hydrogen) atoms. The number of pyridine rings is 1. The van der Waals surface area contributed by atoms with Crippen LogP contribution in [0.4, 0.5) is 11.4 Å². The van der Waals surface area contributed by atoms with Crippen molar-refractivity contribution in [1.82, 2.24) is 4.98 Å². The molecule has 0 fully saturated rings. The molecule has 2 rings (SSSR count). The van der Waals surface area contributed by atoms with Crippen LogP contribution >= 0.6 is 0 Å². The SMILES string of the molecule is COc1cc(C)c(N)cc1S(=O)(=O)Nc1cccnc1. The molecule has 0 bridgehead atoms. The minimum Gasteiger partial charge on any atom is -0.495 e. The zero-order chi connectivity index (χ0) is 14.8. The predicted molar refractivity (Wildman–Crippen MR) is 77.2 cm³/mol. The predicted octanol–water partition coefficient (Wildman–Crippen LogP) is 1.78. The van der Waals surface area contributed by atoms with E-state index in [1.807, 2.05) is 0 Å². The molecule has 6 nitrogen and oxygen atoms in total. The molecule has 0 radical (unpaired) electrons. The second-order valence-corrected chi connectivity index (χ2v) is 5.86. The number of aryl methyl sites for hydroxylation is 1. The Hall–Kier alpha value is -2.28. The van der Waals surface area contributed by atoms with Gasteiger partial charge in [-0.15, -0.1) is 0 Å². The lowest BCUT2D eigenvalue weighted by Crippen LogP contribution is -2.15. The van der Waals surface area contributed by atoms with Crippen molar-refractivity contribution < 1.29 is 13.2 Å². The van der Waals surface area contributed by atoms with Crippen LogP contribution in [0.5, 0.6) is 5.75 Å². The van der Waals surface area contributed by atoms with Crippen LogP contribution in [0.2, 0.25) is 0 Å². The van der Waals surface area contributed by atoms with E-state index in [-0.39, 0.29) is 10.6 Å². The van der Waals surface area contributed by atoms with Gasteiger partial charge in [-0.1, -0.05) is 0 Å². The summed E-state index contributed by atoms with van der Waals surface area (Å²) < 4.78 is 32.3. The summed E-state index contributed by atoms with van der Waals surface area (Å²) in [7, 11) is -2.38. The van der Waals surface area contributed by atoms with Gasteiger partial charge < -0.3 is 10.5 Å². The zero-order valence-corrected chi connectivity index (χ0v) is 11.9. The van der Waals surface area contributed by atoms with Crippen molar-refractivity contribution >= 4 is 21.4 Å². The first-order chi connectivity index (χ1) is 9.44. The van der Waals surface area contributed by atoms with Crippen molar-refractivity contribution in [2.75, 3.05) is 17.6 Å². The van der Waals surface area contributed by atoms with Crippen molar-refractivity contribution in [1.29, 1.82) is 0 Å². The van der Waals surface area contributed by atoms with E-state index < -0.39 is 10.0 Å². The average molecular weight is 293 g/mol. The van der Waals surface area contributed by atoms with Gasteiger partial charge in [-0.3, -0.25) is 9.71 Å². The van der Waals surface area contributed by atoms with Gasteiger partial charge in [0.2, 0.25) is 0 Å². The lowest BCUT2D eigenvalue weighted by molar-refractivity contribution is 0.402. The molecular weight excluding hydrogens is 278 g/mol. The highest BCUT2D eigenvalue weighted by molar-refractivity contribution is 7.92. The van der Waals surface area contributed by atoms with E-state index in [0.29, 0.717) is 11.4 Å². The number of nitrogens with zero attached hydrogens (tertiary/aromatic N) is 1. The van der Waals surface area contributed by atoms with Crippen LogP contribution in [0, 0.1) is 6.92 Å². The molecule has 0 unspecified atom stereocenters. The molecule has 0 atom stereocenters. The van der Waals surface area contributed by atoms with Gasteiger partial charge in [-0.05, 0) is 36.8 Å². The van der Waals surface area contributed by atoms with E-state index in [2.05, 4.69) is 9.71 Å². The largest absolute Gasteiger partial charge is 0.495 e. The number of aromatic nitrogens is 1. The van der Waals surface area contributed by atoms with E-state index in [1.165, 1.54) is 19.4 Å². The number of anilines is 2. The number of nitrogens with two attached hydrogens (primary N) is 1. The molecule has 0 aliphatic rings. The number of ether oxygens (including phenoxy) is 1. The summed E-state index contributed by atoms with van der Waals surface area (Å²) in [6.45, 7) is 1.78. The number of benzene rings is 1. The van der Waals surface area contributed by atoms with Crippen molar-refractivity contribution in [2.24, 2.45) is 0 Å². The summed E-state index contributed by atoms with van der Waals surface area (Å²) in [4.78, 5) is 3.85. The van der Waals surface area contributed by atoms with Gasteiger partial charge in [0.05, 0.1) is 19.0 Å². The van der Waals surface area contributed by atoms with E-state index in [4.69, 9.17) is 10.5 Å². The second-order valence-electron chi connectivity index (χ2n) is 4.21. The number of rotatable bonds is 4. The third-order valence-electron chi connectivity index (χ3n) is 2.76. The molecule has 106 valence electrons. The Morgan fingerprint density at radius 1 is 1.35 bits per heavy atom. The third-order valence-corrected chi connectivity index (χ3v) is 4.16. The molecule has 1 aromatic heterocycles. The lowest BCUT2D eigenvalue weighted by atomic mass is 10.2. The van der Waals surface area contributed by atoms with Crippen LogP contribution in [-0.4, -0.2) is 20.5 Å². The van der Waals surface area contributed by atoms with Crippen LogP contribution in [-0.2, 0) is 10.0 Å². The van der Waals surface area contributed by atoms with Gasteiger partial charge >= 0.3 is 0 Å². The minimum absolute atomic E-state index is 0.00745. The van der Waals surface area contributed by atoms with Crippen LogP contribution in [0.25, 0.3) is 0 Å². The Labute approximate surface area is 117 Å². The summed E-state index contributed by atoms with van der Waals surface area (Å²) in [5.41, 5.74) is 7.28. The molecule has 1 heterocycles. The fourth-order valence-corrected chi connectivity index (χ4v) is 2.91. The topological polar surface area (TPSA) is 94.3 Å². The third kappa shape index (κ3) is 2.83. The molecular formula is C13H15N3O3S. The highest BCUT2D eigenvalue weighted by Gasteiger charge is 2.21. The fourth-order valence-electron chi connectivity index (χ4n) is 1.68. The van der Waals surface area contributed by atoms with Gasteiger partial charge in [0.1, 0.15) is 10.6 Å². The molecule has 0 aliphatic heterocycles. The minimum atomic E-state index is -3.79. The summed E-state index contributed by atoms with van der Waals surface area (Å²) >= 11 is 0. The van der Waals surface area contributed by atoms with Gasteiger partial charge in [0, 0.05) is 11.9 Å². The van der Waals surface area contributed by atoms with Crippen LogP contribution in [0.3, 0.4) is 0 Å². The molecule has 0 amide bonds. The Balaban J connectivity index is 2.47. The molecule has 0 saturated heterocycles. The number of nitrogen functional groups attached to an aromatic ring is 1. The average Bonchev–Trinajstić information content (AvgIpc) is 2.42. The number of nitrogens with one attached hydrogen (secondary N) is 1. The molecule has 0 spiro atoms. The van der Waals surface area contributed by atoms with Crippen molar-refractivity contribution in [2.45, 2.75) is 11.8 Å². The highest BCUT2D eigenvalue weighted by atomic mass is 32.2. The molecule has 0 aliphatic carbocycles. The zero-order valence-electron chi connectivity index (χ0n) is 11.1. The highest BCUT2D eigenvalue weighted by Crippen LogP contribution is 2.30. The monoisotopic (exact) mass is 293 g/mol. The van der Waals surface area contributed by atoms with E-state index >= 15 is 0 Å². The smallest absolute Gasteiger partial charge is 0.265 e. The van der Waals surface area contributed by atoms with E-state index in [0.717, 1.165) is 5.56 Å². The van der Waals surface area contributed by atoms with Gasteiger partial charge in [-0.2, -0.15) is 0 Å². The van der Waals surface area contributed by atoms with E-state index in [1.54, 1.807) is 31.3 Å². The maximum Gasteiger partial charge on any atom is 0.265 e. The Bertz CT molecular complexity index is 715. The molecule has 2 aromatic rings. The molecule has 3 N–H and O–H groups in total. The Morgan fingerprint density at radius 2 is 2.10 bits per heavy atom. The summed E-state index contributed by atoms with van der Waals surface area (Å²) in [6, 6.07) is 6.22. The van der Waals surface area contributed by atoms with Crippen molar-refractivity contribution in [3.63, 3.8) is 0 Å². The van der Waals surface area contributed by atoms with Crippen molar-refractivity contribution in [3.05, 3.63) is 42.2 Å². The van der Waals surface area contributed by atoms with Crippen LogP contribution in [0.15, 0.2) is 41.6 Å². The standard InChI is InChI=1S/C13H15N3O3S/c1-9-6-12(19-2)13(7-11(9)14)20(17,18)16-10-4-3-5-15-8-10/h3-8,16H,14H2,1-2H3.